The van der Waals surface area contributed by atoms with Gasteiger partial charge in [0.2, 0.25) is 0 Å². The predicted octanol–water partition coefficient (Wildman–Crippen LogP) is 3.71. The molecule has 2 aromatic rings. The Kier molecular flexibility index (Phi) is 4.26. The second-order valence-corrected chi connectivity index (χ2v) is 6.15. The Morgan fingerprint density at radius 3 is 2.79 bits per heavy atom. The third kappa shape index (κ3) is 3.23. The Hall–Kier alpha value is -1.19. The van der Waals surface area contributed by atoms with Crippen molar-refractivity contribution >= 4 is 11.8 Å². The van der Waals surface area contributed by atoms with E-state index in [1.54, 1.807) is 6.26 Å². The first kappa shape index (κ1) is 12.8. The zero-order chi connectivity index (χ0) is 12.9. The molecule has 2 unspecified atom stereocenters. The normalized spacial score (nSPS) is 20.5. The molecule has 0 radical (unpaired) electrons. The first-order chi connectivity index (χ1) is 9.43. The summed E-state index contributed by atoms with van der Waals surface area (Å²) >= 11 is 2.06. The summed E-state index contributed by atoms with van der Waals surface area (Å²) in [6, 6.07) is 14.7. The molecule has 1 fully saturated rings. The second kappa shape index (κ2) is 6.31. The lowest BCUT2D eigenvalue weighted by Crippen LogP contribution is -2.28. The lowest BCUT2D eigenvalue weighted by atomic mass is 10.0. The molecule has 2 atom stereocenters. The number of hydrogen-bond donors (Lipinski definition) is 1. The largest absolute Gasteiger partial charge is 0.467 e. The maximum absolute atomic E-state index is 5.60. The van der Waals surface area contributed by atoms with Gasteiger partial charge in [0.1, 0.15) is 5.76 Å². The van der Waals surface area contributed by atoms with E-state index in [0.717, 1.165) is 18.2 Å². The SMILES string of the molecule is c1ccc(C(NCC2CCSC2)c2ccco2)cc1. The minimum atomic E-state index is 0.168. The number of nitrogens with one attached hydrogen (secondary N) is 1. The van der Waals surface area contributed by atoms with Gasteiger partial charge in [0.25, 0.3) is 0 Å². The molecular weight excluding hydrogens is 254 g/mol. The molecule has 1 saturated heterocycles. The average molecular weight is 273 g/mol. The van der Waals surface area contributed by atoms with Crippen molar-refractivity contribution in [3.05, 3.63) is 60.1 Å². The smallest absolute Gasteiger partial charge is 0.125 e. The number of rotatable bonds is 5. The Morgan fingerprint density at radius 1 is 1.21 bits per heavy atom. The first-order valence-electron chi connectivity index (χ1n) is 6.83. The molecule has 1 N–H and O–H groups in total. The zero-order valence-corrected chi connectivity index (χ0v) is 11.7. The second-order valence-electron chi connectivity index (χ2n) is 5.00. The van der Waals surface area contributed by atoms with Crippen LogP contribution in [0.1, 0.15) is 23.8 Å². The van der Waals surface area contributed by atoms with Crippen molar-refractivity contribution in [3.63, 3.8) is 0 Å². The van der Waals surface area contributed by atoms with Crippen LogP contribution in [-0.2, 0) is 0 Å². The molecule has 1 aromatic heterocycles. The lowest BCUT2D eigenvalue weighted by molar-refractivity contribution is 0.420. The van der Waals surface area contributed by atoms with E-state index in [4.69, 9.17) is 4.42 Å². The molecule has 0 spiro atoms. The van der Waals surface area contributed by atoms with Crippen molar-refractivity contribution in [2.75, 3.05) is 18.1 Å². The van der Waals surface area contributed by atoms with Crippen molar-refractivity contribution < 1.29 is 4.42 Å². The molecule has 0 amide bonds. The molecule has 0 bridgehead atoms. The molecule has 0 aliphatic carbocycles. The van der Waals surface area contributed by atoms with E-state index in [-0.39, 0.29) is 6.04 Å². The van der Waals surface area contributed by atoms with Gasteiger partial charge in [-0.2, -0.15) is 11.8 Å². The highest BCUT2D eigenvalue weighted by Crippen LogP contribution is 2.26. The van der Waals surface area contributed by atoms with E-state index < -0.39 is 0 Å². The fourth-order valence-corrected chi connectivity index (χ4v) is 3.80. The van der Waals surface area contributed by atoms with Gasteiger partial charge in [-0.3, -0.25) is 0 Å². The van der Waals surface area contributed by atoms with Crippen LogP contribution in [0.4, 0.5) is 0 Å². The minimum absolute atomic E-state index is 0.168. The van der Waals surface area contributed by atoms with Crippen LogP contribution in [0.2, 0.25) is 0 Å². The van der Waals surface area contributed by atoms with Gasteiger partial charge in [-0.05, 0) is 48.1 Å². The quantitative estimate of drug-likeness (QED) is 0.899. The highest BCUT2D eigenvalue weighted by Gasteiger charge is 2.20. The van der Waals surface area contributed by atoms with E-state index in [1.807, 2.05) is 12.1 Å². The van der Waals surface area contributed by atoms with Crippen molar-refractivity contribution in [2.45, 2.75) is 12.5 Å². The van der Waals surface area contributed by atoms with E-state index in [9.17, 15) is 0 Å². The van der Waals surface area contributed by atoms with Crippen molar-refractivity contribution in [3.8, 4) is 0 Å². The summed E-state index contributed by atoms with van der Waals surface area (Å²) in [6.07, 6.45) is 3.08. The number of hydrogen-bond acceptors (Lipinski definition) is 3. The fraction of sp³-hybridized carbons (Fsp3) is 0.375. The summed E-state index contributed by atoms with van der Waals surface area (Å²) in [7, 11) is 0. The fourth-order valence-electron chi connectivity index (χ4n) is 2.51. The number of furan rings is 1. The summed E-state index contributed by atoms with van der Waals surface area (Å²) in [5, 5.41) is 3.67. The third-order valence-corrected chi connectivity index (χ3v) is 4.83. The maximum atomic E-state index is 5.60. The lowest BCUT2D eigenvalue weighted by Gasteiger charge is -2.19. The van der Waals surface area contributed by atoms with Crippen molar-refractivity contribution in [1.82, 2.24) is 5.32 Å². The van der Waals surface area contributed by atoms with Crippen LogP contribution in [0.5, 0.6) is 0 Å². The highest BCUT2D eigenvalue weighted by molar-refractivity contribution is 7.99. The summed E-state index contributed by atoms with van der Waals surface area (Å²) in [6.45, 7) is 1.06. The van der Waals surface area contributed by atoms with Gasteiger partial charge in [-0.25, -0.2) is 0 Å². The Labute approximate surface area is 118 Å². The van der Waals surface area contributed by atoms with Gasteiger partial charge in [0.15, 0.2) is 0 Å². The van der Waals surface area contributed by atoms with Crippen molar-refractivity contribution in [2.24, 2.45) is 5.92 Å². The Morgan fingerprint density at radius 2 is 2.11 bits per heavy atom. The monoisotopic (exact) mass is 273 g/mol. The minimum Gasteiger partial charge on any atom is -0.467 e. The molecule has 3 rings (SSSR count). The highest BCUT2D eigenvalue weighted by atomic mass is 32.2. The van der Waals surface area contributed by atoms with Crippen LogP contribution in [0, 0.1) is 5.92 Å². The molecule has 2 heterocycles. The zero-order valence-electron chi connectivity index (χ0n) is 10.9. The maximum Gasteiger partial charge on any atom is 0.125 e. The summed E-state index contributed by atoms with van der Waals surface area (Å²) in [5.74, 6) is 4.39. The van der Waals surface area contributed by atoms with Gasteiger partial charge in [0.05, 0.1) is 12.3 Å². The van der Waals surface area contributed by atoms with E-state index >= 15 is 0 Å². The standard InChI is InChI=1S/C16H19NOS/c1-2-5-14(6-3-1)16(15-7-4-9-18-15)17-11-13-8-10-19-12-13/h1-7,9,13,16-17H,8,10-12H2. The average Bonchev–Trinajstić information content (AvgIpc) is 3.13. The summed E-state index contributed by atoms with van der Waals surface area (Å²) in [5.41, 5.74) is 1.27. The van der Waals surface area contributed by atoms with Crippen LogP contribution in [0.15, 0.2) is 53.1 Å². The van der Waals surface area contributed by atoms with Gasteiger partial charge in [0, 0.05) is 0 Å². The number of benzene rings is 1. The summed E-state index contributed by atoms with van der Waals surface area (Å²) < 4.78 is 5.60. The van der Waals surface area contributed by atoms with E-state index in [1.165, 1.54) is 23.5 Å². The molecule has 1 aromatic carbocycles. The van der Waals surface area contributed by atoms with Crippen LogP contribution in [0.25, 0.3) is 0 Å². The Balaban J connectivity index is 1.73. The molecule has 1 aliphatic heterocycles. The van der Waals surface area contributed by atoms with Gasteiger partial charge >= 0.3 is 0 Å². The van der Waals surface area contributed by atoms with Gasteiger partial charge in [-0.15, -0.1) is 0 Å². The van der Waals surface area contributed by atoms with Crippen LogP contribution >= 0.6 is 11.8 Å². The topological polar surface area (TPSA) is 25.2 Å². The van der Waals surface area contributed by atoms with Crippen molar-refractivity contribution in [1.29, 1.82) is 0 Å². The van der Waals surface area contributed by atoms with Crippen LogP contribution in [-0.4, -0.2) is 18.1 Å². The van der Waals surface area contributed by atoms with Gasteiger partial charge < -0.3 is 9.73 Å². The molecule has 100 valence electrons. The predicted molar refractivity (Wildman–Crippen MR) is 80.4 cm³/mol. The number of thioether (sulfide) groups is 1. The van der Waals surface area contributed by atoms with E-state index in [0.29, 0.717) is 0 Å². The first-order valence-corrected chi connectivity index (χ1v) is 7.98. The Bertz CT molecular complexity index is 477. The molecular formula is C16H19NOS. The van der Waals surface area contributed by atoms with Crippen LogP contribution in [0.3, 0.4) is 0 Å². The molecule has 19 heavy (non-hydrogen) atoms. The third-order valence-electron chi connectivity index (χ3n) is 3.60. The summed E-state index contributed by atoms with van der Waals surface area (Å²) in [4.78, 5) is 0. The molecule has 3 heteroatoms. The van der Waals surface area contributed by atoms with E-state index in [2.05, 4.69) is 47.4 Å². The molecule has 0 saturated carbocycles. The van der Waals surface area contributed by atoms with Gasteiger partial charge in [-0.1, -0.05) is 30.3 Å². The van der Waals surface area contributed by atoms with Crippen LogP contribution < -0.4 is 5.32 Å². The molecule has 2 nitrogen and oxygen atoms in total. The molecule has 1 aliphatic rings.